The summed E-state index contributed by atoms with van der Waals surface area (Å²) < 4.78 is 12.9. The minimum absolute atomic E-state index is 0.0356. The molecule has 90 valence electrons. The number of hydrogen-bond donors (Lipinski definition) is 1. The number of anilines is 1. The molecule has 0 fully saturated rings. The van der Waals surface area contributed by atoms with Gasteiger partial charge >= 0.3 is 0 Å². The minimum Gasteiger partial charge on any atom is -0.384 e. The number of pyridine rings is 1. The fraction of sp³-hybridized carbons (Fsp3) is 0.308. The van der Waals surface area contributed by atoms with Gasteiger partial charge in [-0.15, -0.1) is 11.3 Å². The van der Waals surface area contributed by atoms with Gasteiger partial charge in [0.15, 0.2) is 0 Å². The topological polar surface area (TPSA) is 24.9 Å². The van der Waals surface area contributed by atoms with Crippen LogP contribution in [-0.4, -0.2) is 11.5 Å². The normalized spacial score (nSPS) is 11.5. The molecule has 0 aromatic carbocycles. The van der Waals surface area contributed by atoms with Crippen molar-refractivity contribution >= 4 is 17.0 Å². The number of halogens is 1. The van der Waals surface area contributed by atoms with Gasteiger partial charge in [-0.2, -0.15) is 4.39 Å². The fourth-order valence-corrected chi connectivity index (χ4v) is 2.44. The van der Waals surface area contributed by atoms with Gasteiger partial charge in [0.1, 0.15) is 0 Å². The Bertz CT molecular complexity index is 480. The van der Waals surface area contributed by atoms with Crippen LogP contribution in [0.3, 0.4) is 0 Å². The van der Waals surface area contributed by atoms with Gasteiger partial charge in [-0.25, -0.2) is 4.98 Å². The molecule has 4 heteroatoms. The molecule has 0 radical (unpaired) electrons. The maximum Gasteiger partial charge on any atom is 0.214 e. The molecule has 0 saturated carbocycles. The van der Waals surface area contributed by atoms with Crippen LogP contribution in [0.1, 0.15) is 18.7 Å². The van der Waals surface area contributed by atoms with Gasteiger partial charge in [0, 0.05) is 34.8 Å². The highest BCUT2D eigenvalue weighted by molar-refractivity contribution is 7.10. The summed E-state index contributed by atoms with van der Waals surface area (Å²) in [4.78, 5) is 4.85. The summed E-state index contributed by atoms with van der Waals surface area (Å²) in [6.45, 7) is 5.10. The Morgan fingerprint density at radius 3 is 2.88 bits per heavy atom. The third-order valence-electron chi connectivity index (χ3n) is 2.65. The second kappa shape index (κ2) is 4.84. The Labute approximate surface area is 105 Å². The van der Waals surface area contributed by atoms with Crippen LogP contribution < -0.4 is 5.32 Å². The van der Waals surface area contributed by atoms with E-state index in [0.717, 1.165) is 12.2 Å². The quantitative estimate of drug-likeness (QED) is 0.837. The lowest BCUT2D eigenvalue weighted by atomic mass is 9.91. The van der Waals surface area contributed by atoms with Crippen LogP contribution in [-0.2, 0) is 5.41 Å². The first kappa shape index (κ1) is 12.0. The Morgan fingerprint density at radius 2 is 2.24 bits per heavy atom. The molecule has 2 rings (SSSR count). The zero-order chi connectivity index (χ0) is 12.3. The van der Waals surface area contributed by atoms with Gasteiger partial charge in [-0.05, 0) is 17.5 Å². The van der Waals surface area contributed by atoms with Crippen molar-refractivity contribution in [3.63, 3.8) is 0 Å². The average Bonchev–Trinajstić information content (AvgIpc) is 2.81. The third-order valence-corrected chi connectivity index (χ3v) is 3.89. The van der Waals surface area contributed by atoms with Crippen LogP contribution in [0.4, 0.5) is 10.1 Å². The number of rotatable bonds is 4. The van der Waals surface area contributed by atoms with Gasteiger partial charge in [0.25, 0.3) is 0 Å². The van der Waals surface area contributed by atoms with Crippen LogP contribution >= 0.6 is 11.3 Å². The first-order valence-corrected chi connectivity index (χ1v) is 6.35. The summed E-state index contributed by atoms with van der Waals surface area (Å²) >= 11 is 1.74. The number of aromatic nitrogens is 1. The van der Waals surface area contributed by atoms with E-state index in [1.165, 1.54) is 17.1 Å². The molecular weight excluding hydrogens is 235 g/mol. The predicted octanol–water partition coefficient (Wildman–Crippen LogP) is 3.67. The van der Waals surface area contributed by atoms with Crippen molar-refractivity contribution in [1.29, 1.82) is 0 Å². The maximum atomic E-state index is 12.9. The van der Waals surface area contributed by atoms with E-state index in [0.29, 0.717) is 0 Å². The summed E-state index contributed by atoms with van der Waals surface area (Å²) in [5, 5.41) is 5.31. The summed E-state index contributed by atoms with van der Waals surface area (Å²) in [5.41, 5.74) is 0.801. The Morgan fingerprint density at radius 1 is 1.41 bits per heavy atom. The molecule has 0 atom stereocenters. The number of thiophene rings is 1. The van der Waals surface area contributed by atoms with Gasteiger partial charge in [0.2, 0.25) is 5.95 Å². The van der Waals surface area contributed by atoms with Crippen LogP contribution in [0, 0.1) is 5.95 Å². The first-order chi connectivity index (χ1) is 8.08. The third kappa shape index (κ3) is 3.03. The Hall–Kier alpha value is -1.42. The Kier molecular flexibility index (Phi) is 3.43. The van der Waals surface area contributed by atoms with Gasteiger partial charge in [-0.3, -0.25) is 0 Å². The SMILES string of the molecule is CC(C)(CNc1ccnc(F)c1)c1cccs1. The average molecular weight is 250 g/mol. The van der Waals surface area contributed by atoms with Crippen molar-refractivity contribution in [2.24, 2.45) is 0 Å². The molecule has 0 saturated heterocycles. The molecule has 0 bridgehead atoms. The molecule has 0 aliphatic carbocycles. The van der Waals surface area contributed by atoms with E-state index in [1.54, 1.807) is 17.4 Å². The van der Waals surface area contributed by atoms with Gasteiger partial charge in [-0.1, -0.05) is 19.9 Å². The summed E-state index contributed by atoms with van der Waals surface area (Å²) in [7, 11) is 0. The van der Waals surface area contributed by atoms with Crippen LogP contribution in [0.2, 0.25) is 0 Å². The monoisotopic (exact) mass is 250 g/mol. The van der Waals surface area contributed by atoms with Crippen molar-refractivity contribution in [3.05, 3.63) is 46.7 Å². The number of nitrogens with zero attached hydrogens (tertiary/aromatic N) is 1. The zero-order valence-corrected chi connectivity index (χ0v) is 10.7. The number of hydrogen-bond acceptors (Lipinski definition) is 3. The lowest BCUT2D eigenvalue weighted by Crippen LogP contribution is -2.26. The van der Waals surface area contributed by atoms with Crippen LogP contribution in [0.5, 0.6) is 0 Å². The highest BCUT2D eigenvalue weighted by Crippen LogP contribution is 2.27. The summed E-state index contributed by atoms with van der Waals surface area (Å²) in [5.74, 6) is -0.455. The zero-order valence-electron chi connectivity index (χ0n) is 9.90. The standard InChI is InChI=1S/C13H15FN2S/c1-13(2,11-4-3-7-17-11)9-16-10-5-6-15-12(14)8-10/h3-8H,9H2,1-2H3,(H,15,16). The highest BCUT2D eigenvalue weighted by Gasteiger charge is 2.21. The molecule has 0 unspecified atom stereocenters. The first-order valence-electron chi connectivity index (χ1n) is 5.47. The number of nitrogens with one attached hydrogen (secondary N) is 1. The van der Waals surface area contributed by atoms with E-state index in [9.17, 15) is 4.39 Å². The van der Waals surface area contributed by atoms with E-state index >= 15 is 0 Å². The molecule has 2 heterocycles. The molecule has 17 heavy (non-hydrogen) atoms. The second-order valence-electron chi connectivity index (χ2n) is 4.58. The maximum absolute atomic E-state index is 12.9. The lowest BCUT2D eigenvalue weighted by molar-refractivity contribution is 0.566. The molecule has 2 aromatic rings. The lowest BCUT2D eigenvalue weighted by Gasteiger charge is -2.24. The second-order valence-corrected chi connectivity index (χ2v) is 5.53. The van der Waals surface area contributed by atoms with Crippen LogP contribution in [0.15, 0.2) is 35.8 Å². The van der Waals surface area contributed by atoms with Crippen LogP contribution in [0.25, 0.3) is 0 Å². The minimum atomic E-state index is -0.455. The predicted molar refractivity (Wildman–Crippen MR) is 70.0 cm³/mol. The fourth-order valence-electron chi connectivity index (χ4n) is 1.59. The van der Waals surface area contributed by atoms with Gasteiger partial charge in [0.05, 0.1) is 0 Å². The van der Waals surface area contributed by atoms with Crippen molar-refractivity contribution in [3.8, 4) is 0 Å². The Balaban J connectivity index is 2.03. The molecule has 0 aliphatic heterocycles. The van der Waals surface area contributed by atoms with Crippen molar-refractivity contribution in [2.45, 2.75) is 19.3 Å². The molecule has 0 spiro atoms. The van der Waals surface area contributed by atoms with E-state index < -0.39 is 5.95 Å². The van der Waals surface area contributed by atoms with Crippen molar-refractivity contribution in [2.75, 3.05) is 11.9 Å². The molecule has 1 N–H and O–H groups in total. The summed E-state index contributed by atoms with van der Waals surface area (Å²) in [6, 6.07) is 7.35. The molecule has 0 aliphatic rings. The molecular formula is C13H15FN2S. The molecule has 2 aromatic heterocycles. The van der Waals surface area contributed by atoms with E-state index in [2.05, 4.69) is 35.6 Å². The van der Waals surface area contributed by atoms with Gasteiger partial charge < -0.3 is 5.32 Å². The van der Waals surface area contributed by atoms with Crippen molar-refractivity contribution < 1.29 is 4.39 Å². The smallest absolute Gasteiger partial charge is 0.214 e. The van der Waals surface area contributed by atoms with E-state index in [1.807, 2.05) is 6.07 Å². The highest BCUT2D eigenvalue weighted by atomic mass is 32.1. The van der Waals surface area contributed by atoms with E-state index in [-0.39, 0.29) is 5.41 Å². The summed E-state index contributed by atoms with van der Waals surface area (Å²) in [6.07, 6.45) is 1.47. The molecule has 0 amide bonds. The van der Waals surface area contributed by atoms with E-state index in [4.69, 9.17) is 0 Å². The molecule has 2 nitrogen and oxygen atoms in total. The largest absolute Gasteiger partial charge is 0.384 e. The van der Waals surface area contributed by atoms with Crippen molar-refractivity contribution in [1.82, 2.24) is 4.98 Å².